The van der Waals surface area contributed by atoms with E-state index in [0.29, 0.717) is 22.0 Å². The molecule has 0 bridgehead atoms. The number of aromatic nitrogens is 2. The highest BCUT2D eigenvalue weighted by atomic mass is 79.9. The molecular formula is C13H10BrClFN3. The summed E-state index contributed by atoms with van der Waals surface area (Å²) in [5, 5.41) is 3.02. The lowest BCUT2D eigenvalue weighted by atomic mass is 10.3. The molecule has 98 valence electrons. The zero-order valence-electron chi connectivity index (χ0n) is 9.83. The van der Waals surface area contributed by atoms with Gasteiger partial charge >= 0.3 is 0 Å². The predicted molar refractivity (Wildman–Crippen MR) is 76.4 cm³/mol. The average molecular weight is 343 g/mol. The van der Waals surface area contributed by atoms with Crippen LogP contribution in [0, 0.1) is 5.82 Å². The molecule has 0 amide bonds. The fourth-order valence-electron chi connectivity index (χ4n) is 1.76. The Balaban J connectivity index is 1.92. The molecule has 1 heterocycles. The molecule has 3 nitrogen and oxygen atoms in total. The first-order chi connectivity index (χ1) is 9.13. The summed E-state index contributed by atoms with van der Waals surface area (Å²) in [6.45, 7) is 0. The molecular weight excluding hydrogens is 333 g/mol. The monoisotopic (exact) mass is 341 g/mol. The van der Waals surface area contributed by atoms with Gasteiger partial charge in [0.15, 0.2) is 5.82 Å². The molecule has 0 unspecified atom stereocenters. The summed E-state index contributed by atoms with van der Waals surface area (Å²) >= 11 is 9.09. The number of anilines is 2. The van der Waals surface area contributed by atoms with Crippen LogP contribution in [0.2, 0.25) is 5.02 Å². The molecule has 1 aliphatic rings. The Bertz CT molecular complexity index is 631. The maximum atomic E-state index is 13.8. The number of benzene rings is 1. The minimum Gasteiger partial charge on any atom is -0.338 e. The number of hydrogen-bond acceptors (Lipinski definition) is 3. The summed E-state index contributed by atoms with van der Waals surface area (Å²) in [5.74, 6) is 1.30. The molecule has 3 rings (SSSR count). The van der Waals surface area contributed by atoms with Crippen LogP contribution >= 0.6 is 27.5 Å². The van der Waals surface area contributed by atoms with Gasteiger partial charge in [0.05, 0.1) is 10.7 Å². The number of nitrogens with zero attached hydrogens (tertiary/aromatic N) is 2. The smallest absolute Gasteiger partial charge is 0.165 e. The second-order valence-electron chi connectivity index (χ2n) is 4.43. The van der Waals surface area contributed by atoms with Gasteiger partial charge in [-0.05, 0) is 40.9 Å². The number of halogens is 3. The zero-order chi connectivity index (χ0) is 13.4. The number of hydrogen-bond donors (Lipinski definition) is 1. The molecule has 1 aliphatic carbocycles. The molecule has 0 atom stereocenters. The minimum absolute atomic E-state index is 0.0838. The SMILES string of the molecule is Fc1c(Cl)cccc1Nc1cc(Br)nc(C2CC2)n1. The maximum absolute atomic E-state index is 13.8. The summed E-state index contributed by atoms with van der Waals surface area (Å²) < 4.78 is 14.5. The van der Waals surface area contributed by atoms with Gasteiger partial charge < -0.3 is 5.32 Å². The van der Waals surface area contributed by atoms with E-state index in [2.05, 4.69) is 31.2 Å². The van der Waals surface area contributed by atoms with Gasteiger partial charge in [-0.2, -0.15) is 0 Å². The van der Waals surface area contributed by atoms with Crippen molar-refractivity contribution >= 4 is 39.0 Å². The summed E-state index contributed by atoms with van der Waals surface area (Å²) in [5.41, 5.74) is 0.305. The molecule has 19 heavy (non-hydrogen) atoms. The molecule has 0 spiro atoms. The van der Waals surface area contributed by atoms with Crippen LogP contribution in [0.15, 0.2) is 28.9 Å². The van der Waals surface area contributed by atoms with Crippen LogP contribution in [0.5, 0.6) is 0 Å². The predicted octanol–water partition coefficient (Wildman–Crippen LogP) is 4.65. The highest BCUT2D eigenvalue weighted by Gasteiger charge is 2.27. The summed E-state index contributed by atoms with van der Waals surface area (Å²) in [7, 11) is 0. The molecule has 0 radical (unpaired) electrons. The molecule has 6 heteroatoms. The third-order valence-corrected chi connectivity index (χ3v) is 3.57. The summed E-state index contributed by atoms with van der Waals surface area (Å²) in [6.07, 6.45) is 2.23. The van der Waals surface area contributed by atoms with E-state index in [1.54, 1.807) is 18.2 Å². The lowest BCUT2D eigenvalue weighted by molar-refractivity contribution is 0.632. The van der Waals surface area contributed by atoms with Gasteiger partial charge in [-0.3, -0.25) is 0 Å². The Morgan fingerprint density at radius 2 is 2.11 bits per heavy atom. The van der Waals surface area contributed by atoms with E-state index in [-0.39, 0.29) is 5.02 Å². The van der Waals surface area contributed by atoms with Gasteiger partial charge in [0.1, 0.15) is 16.2 Å². The molecule has 1 saturated carbocycles. The van der Waals surface area contributed by atoms with Crippen molar-refractivity contribution < 1.29 is 4.39 Å². The van der Waals surface area contributed by atoms with Crippen molar-refractivity contribution in [3.8, 4) is 0 Å². The molecule has 1 aromatic heterocycles. The first kappa shape index (κ1) is 12.8. The quantitative estimate of drug-likeness (QED) is 0.825. The largest absolute Gasteiger partial charge is 0.338 e. The maximum Gasteiger partial charge on any atom is 0.165 e. The Hall–Kier alpha value is -1.20. The average Bonchev–Trinajstić information content (AvgIpc) is 3.18. The fourth-order valence-corrected chi connectivity index (χ4v) is 2.33. The first-order valence-electron chi connectivity index (χ1n) is 5.89. The Morgan fingerprint density at radius 1 is 1.32 bits per heavy atom. The van der Waals surface area contributed by atoms with Crippen molar-refractivity contribution in [3.05, 3.63) is 45.5 Å². The van der Waals surface area contributed by atoms with Gasteiger partial charge in [-0.1, -0.05) is 17.7 Å². The third kappa shape index (κ3) is 2.87. The van der Waals surface area contributed by atoms with E-state index in [0.717, 1.165) is 18.7 Å². The lowest BCUT2D eigenvalue weighted by Gasteiger charge is -2.09. The van der Waals surface area contributed by atoms with E-state index in [1.165, 1.54) is 6.07 Å². The first-order valence-corrected chi connectivity index (χ1v) is 7.06. The normalized spacial score (nSPS) is 14.5. The van der Waals surface area contributed by atoms with Gasteiger partial charge in [0.25, 0.3) is 0 Å². The van der Waals surface area contributed by atoms with Crippen molar-refractivity contribution in [2.24, 2.45) is 0 Å². The van der Waals surface area contributed by atoms with E-state index < -0.39 is 5.82 Å². The van der Waals surface area contributed by atoms with Crippen molar-refractivity contribution in [2.75, 3.05) is 5.32 Å². The van der Waals surface area contributed by atoms with Crippen LogP contribution in [0.25, 0.3) is 0 Å². The van der Waals surface area contributed by atoms with E-state index in [1.807, 2.05) is 0 Å². The Labute approximate surface area is 123 Å². The fraction of sp³-hybridized carbons (Fsp3) is 0.231. The van der Waals surface area contributed by atoms with Crippen LogP contribution in [0.1, 0.15) is 24.6 Å². The second-order valence-corrected chi connectivity index (χ2v) is 5.65. The van der Waals surface area contributed by atoms with Crippen molar-refractivity contribution in [2.45, 2.75) is 18.8 Å². The molecule has 2 aromatic rings. The topological polar surface area (TPSA) is 37.8 Å². The van der Waals surface area contributed by atoms with Crippen LogP contribution in [-0.2, 0) is 0 Å². The number of rotatable bonds is 3. The van der Waals surface area contributed by atoms with Crippen LogP contribution in [-0.4, -0.2) is 9.97 Å². The molecule has 1 N–H and O–H groups in total. The summed E-state index contributed by atoms with van der Waals surface area (Å²) in [6, 6.07) is 6.53. The van der Waals surface area contributed by atoms with Crippen LogP contribution in [0.3, 0.4) is 0 Å². The van der Waals surface area contributed by atoms with Crippen molar-refractivity contribution in [1.82, 2.24) is 9.97 Å². The Morgan fingerprint density at radius 3 is 2.84 bits per heavy atom. The lowest BCUT2D eigenvalue weighted by Crippen LogP contribution is -2.01. The Kier molecular flexibility index (Phi) is 3.41. The second kappa shape index (κ2) is 5.06. The van der Waals surface area contributed by atoms with Crippen LogP contribution in [0.4, 0.5) is 15.9 Å². The molecule has 1 fully saturated rings. The highest BCUT2D eigenvalue weighted by molar-refractivity contribution is 9.10. The minimum atomic E-state index is -0.480. The van der Waals surface area contributed by atoms with E-state index >= 15 is 0 Å². The van der Waals surface area contributed by atoms with Gasteiger partial charge in [-0.15, -0.1) is 0 Å². The van der Waals surface area contributed by atoms with Crippen molar-refractivity contribution in [3.63, 3.8) is 0 Å². The van der Waals surface area contributed by atoms with Crippen molar-refractivity contribution in [1.29, 1.82) is 0 Å². The van der Waals surface area contributed by atoms with Gasteiger partial charge in [-0.25, -0.2) is 14.4 Å². The third-order valence-electron chi connectivity index (χ3n) is 2.87. The molecule has 1 aromatic carbocycles. The molecule has 0 aliphatic heterocycles. The standard InChI is InChI=1S/C13H10BrClFN3/c14-10-6-11(19-13(18-10)7-4-5-7)17-9-3-1-2-8(15)12(9)16/h1-3,6-7H,4-5H2,(H,17,18,19). The number of nitrogens with one attached hydrogen (secondary N) is 1. The van der Waals surface area contributed by atoms with E-state index in [4.69, 9.17) is 11.6 Å². The zero-order valence-corrected chi connectivity index (χ0v) is 12.2. The highest BCUT2D eigenvalue weighted by Crippen LogP contribution is 2.39. The van der Waals surface area contributed by atoms with E-state index in [9.17, 15) is 4.39 Å². The van der Waals surface area contributed by atoms with Gasteiger partial charge in [0.2, 0.25) is 0 Å². The van der Waals surface area contributed by atoms with Crippen LogP contribution < -0.4 is 5.32 Å². The molecule has 0 saturated heterocycles. The van der Waals surface area contributed by atoms with Gasteiger partial charge in [0, 0.05) is 12.0 Å². The summed E-state index contributed by atoms with van der Waals surface area (Å²) in [4.78, 5) is 8.72.